The quantitative estimate of drug-likeness (QED) is 0.514. The first kappa shape index (κ1) is 5.60. The van der Waals surface area contributed by atoms with Crippen LogP contribution in [0, 0.1) is 0 Å². The molecule has 0 aromatic rings. The van der Waals surface area contributed by atoms with Gasteiger partial charge in [0.2, 0.25) is 0 Å². The maximum atomic E-state index is 4.08. The maximum Gasteiger partial charge on any atom is 0.0851 e. The molecule has 0 fully saturated rings. The summed E-state index contributed by atoms with van der Waals surface area (Å²) < 4.78 is 0. The van der Waals surface area contributed by atoms with E-state index in [9.17, 15) is 0 Å². The van der Waals surface area contributed by atoms with Gasteiger partial charge in [-0.2, -0.15) is 0 Å². The lowest BCUT2D eigenvalue weighted by atomic mass is 10.4. The van der Waals surface area contributed by atoms with E-state index in [0.717, 1.165) is 13.1 Å². The van der Waals surface area contributed by atoms with Gasteiger partial charge >= 0.3 is 0 Å². The number of nitrogens with zero attached hydrogens (tertiary/aromatic N) is 2. The van der Waals surface area contributed by atoms with Gasteiger partial charge in [0.25, 0.3) is 0 Å². The first-order valence-electron chi connectivity index (χ1n) is 3.17. The zero-order chi connectivity index (χ0) is 5.82. The first-order chi connectivity index (χ1) is 3.93. The van der Waals surface area contributed by atoms with E-state index < -0.39 is 0 Å². The summed E-state index contributed by atoms with van der Waals surface area (Å²) in [7, 11) is 0. The number of aliphatic imine (C=N–C) groups is 1. The van der Waals surface area contributed by atoms with Gasteiger partial charge in [0.1, 0.15) is 0 Å². The van der Waals surface area contributed by atoms with Crippen molar-refractivity contribution in [3.8, 4) is 0 Å². The third-order valence-electron chi connectivity index (χ3n) is 1.27. The van der Waals surface area contributed by atoms with Crippen LogP contribution in [0.5, 0.6) is 0 Å². The maximum absolute atomic E-state index is 4.08. The lowest BCUT2D eigenvalue weighted by Gasteiger charge is -2.10. The molecular weight excluding hydrogens is 100 g/mol. The molecule has 0 unspecified atom stereocenters. The van der Waals surface area contributed by atoms with Gasteiger partial charge in [-0.15, -0.1) is 0 Å². The van der Waals surface area contributed by atoms with Crippen LogP contribution in [-0.4, -0.2) is 30.9 Å². The van der Waals surface area contributed by atoms with Crippen molar-refractivity contribution >= 4 is 6.34 Å². The highest BCUT2D eigenvalue weighted by Gasteiger charge is 2.00. The molecule has 0 saturated carbocycles. The highest BCUT2D eigenvalue weighted by molar-refractivity contribution is 5.56. The molecule has 1 aliphatic heterocycles. The zero-order valence-corrected chi connectivity index (χ0v) is 5.30. The minimum absolute atomic E-state index is 1.00. The van der Waals surface area contributed by atoms with E-state index in [2.05, 4.69) is 16.8 Å². The summed E-state index contributed by atoms with van der Waals surface area (Å²) in [5, 5.41) is 0. The molecule has 0 bridgehead atoms. The summed E-state index contributed by atoms with van der Waals surface area (Å²) in [6, 6.07) is 0. The molecule has 8 heavy (non-hydrogen) atoms. The van der Waals surface area contributed by atoms with Crippen LogP contribution in [0.4, 0.5) is 0 Å². The summed E-state index contributed by atoms with van der Waals surface area (Å²) in [4.78, 5) is 6.33. The van der Waals surface area contributed by atoms with E-state index in [0.29, 0.717) is 0 Å². The van der Waals surface area contributed by atoms with Crippen molar-refractivity contribution in [2.24, 2.45) is 4.99 Å². The van der Waals surface area contributed by atoms with E-state index >= 15 is 0 Å². The minimum Gasteiger partial charge on any atom is -0.361 e. The Morgan fingerprint density at radius 3 is 3.12 bits per heavy atom. The van der Waals surface area contributed by atoms with Gasteiger partial charge in [-0.3, -0.25) is 4.99 Å². The van der Waals surface area contributed by atoms with Gasteiger partial charge < -0.3 is 4.90 Å². The standard InChI is InChI=1S/C6H12N2/c1-2-4-8-5-3-7-6-8/h6H,2-5H2,1H3. The number of hydrogen-bond acceptors (Lipinski definition) is 2. The Labute approximate surface area is 50.2 Å². The third-order valence-corrected chi connectivity index (χ3v) is 1.27. The molecule has 1 heterocycles. The summed E-state index contributed by atoms with van der Waals surface area (Å²) in [5.41, 5.74) is 0. The molecule has 2 heteroatoms. The predicted octanol–water partition coefficient (Wildman–Crippen LogP) is 0.740. The van der Waals surface area contributed by atoms with Crippen molar-refractivity contribution in [3.05, 3.63) is 0 Å². The molecule has 0 amide bonds. The Morgan fingerprint density at radius 2 is 2.62 bits per heavy atom. The fourth-order valence-electron chi connectivity index (χ4n) is 0.874. The van der Waals surface area contributed by atoms with E-state index in [-0.39, 0.29) is 0 Å². The van der Waals surface area contributed by atoms with Crippen molar-refractivity contribution < 1.29 is 0 Å². The molecule has 1 aliphatic rings. The Morgan fingerprint density at radius 1 is 1.75 bits per heavy atom. The Bertz CT molecular complexity index is 88.5. The predicted molar refractivity (Wildman–Crippen MR) is 35.2 cm³/mol. The highest BCUT2D eigenvalue weighted by Crippen LogP contribution is 1.92. The largest absolute Gasteiger partial charge is 0.361 e. The summed E-state index contributed by atoms with van der Waals surface area (Å²) >= 11 is 0. The first-order valence-corrected chi connectivity index (χ1v) is 3.17. The Balaban J connectivity index is 2.16. The number of hydrogen-bond donors (Lipinski definition) is 0. The lowest BCUT2D eigenvalue weighted by molar-refractivity contribution is 0.466. The van der Waals surface area contributed by atoms with Gasteiger partial charge in [-0.1, -0.05) is 6.92 Å². The molecule has 0 aromatic carbocycles. The SMILES string of the molecule is CCCN1C=NCC1. The van der Waals surface area contributed by atoms with Crippen molar-refractivity contribution in [2.45, 2.75) is 13.3 Å². The molecule has 0 spiro atoms. The van der Waals surface area contributed by atoms with Gasteiger partial charge in [0.05, 0.1) is 12.9 Å². The van der Waals surface area contributed by atoms with Crippen molar-refractivity contribution in [1.82, 2.24) is 4.90 Å². The smallest absolute Gasteiger partial charge is 0.0851 e. The molecule has 0 aromatic heterocycles. The molecule has 0 radical (unpaired) electrons. The van der Waals surface area contributed by atoms with Crippen LogP contribution in [0.25, 0.3) is 0 Å². The minimum atomic E-state index is 1.00. The monoisotopic (exact) mass is 112 g/mol. The van der Waals surface area contributed by atoms with E-state index in [1.54, 1.807) is 0 Å². The van der Waals surface area contributed by atoms with Gasteiger partial charge in [-0.25, -0.2) is 0 Å². The van der Waals surface area contributed by atoms with Crippen LogP contribution < -0.4 is 0 Å². The second kappa shape index (κ2) is 2.70. The van der Waals surface area contributed by atoms with Crippen molar-refractivity contribution in [2.75, 3.05) is 19.6 Å². The van der Waals surface area contributed by atoms with Crippen LogP contribution in [0.3, 0.4) is 0 Å². The van der Waals surface area contributed by atoms with E-state index in [1.807, 2.05) is 6.34 Å². The topological polar surface area (TPSA) is 15.6 Å². The van der Waals surface area contributed by atoms with Crippen LogP contribution in [0.1, 0.15) is 13.3 Å². The molecular formula is C6H12N2. The molecule has 2 nitrogen and oxygen atoms in total. The molecule has 46 valence electrons. The van der Waals surface area contributed by atoms with E-state index in [4.69, 9.17) is 0 Å². The van der Waals surface area contributed by atoms with Crippen LogP contribution >= 0.6 is 0 Å². The van der Waals surface area contributed by atoms with E-state index in [1.165, 1.54) is 13.0 Å². The van der Waals surface area contributed by atoms with Gasteiger partial charge in [0, 0.05) is 13.1 Å². The third kappa shape index (κ3) is 1.22. The normalized spacial score (nSPS) is 17.9. The van der Waals surface area contributed by atoms with Crippen LogP contribution in [-0.2, 0) is 0 Å². The van der Waals surface area contributed by atoms with Gasteiger partial charge in [0.15, 0.2) is 0 Å². The summed E-state index contributed by atoms with van der Waals surface area (Å²) in [6.45, 7) is 5.49. The molecule has 1 rings (SSSR count). The Hall–Kier alpha value is -0.530. The second-order valence-corrected chi connectivity index (χ2v) is 2.06. The molecule has 0 aliphatic carbocycles. The zero-order valence-electron chi connectivity index (χ0n) is 5.30. The van der Waals surface area contributed by atoms with Crippen LogP contribution in [0.2, 0.25) is 0 Å². The molecule has 0 N–H and O–H groups in total. The average molecular weight is 112 g/mol. The fraction of sp³-hybridized carbons (Fsp3) is 0.833. The van der Waals surface area contributed by atoms with Gasteiger partial charge in [-0.05, 0) is 6.42 Å². The second-order valence-electron chi connectivity index (χ2n) is 2.06. The fourth-order valence-corrected chi connectivity index (χ4v) is 0.874. The lowest BCUT2D eigenvalue weighted by Crippen LogP contribution is -2.19. The summed E-state index contributed by atoms with van der Waals surface area (Å²) in [5.74, 6) is 0. The molecule has 0 saturated heterocycles. The van der Waals surface area contributed by atoms with Crippen LogP contribution in [0.15, 0.2) is 4.99 Å². The highest BCUT2D eigenvalue weighted by atomic mass is 15.2. The summed E-state index contributed by atoms with van der Waals surface area (Å²) in [6.07, 6.45) is 3.18. The number of rotatable bonds is 2. The Kier molecular flexibility index (Phi) is 1.89. The van der Waals surface area contributed by atoms with Crippen molar-refractivity contribution in [1.29, 1.82) is 0 Å². The molecule has 0 atom stereocenters. The average Bonchev–Trinajstić information content (AvgIpc) is 2.19. The van der Waals surface area contributed by atoms with Crippen molar-refractivity contribution in [3.63, 3.8) is 0 Å².